The number of carboxylic acid groups (broad SMARTS) is 1. The molecule has 1 heterocycles. The van der Waals surface area contributed by atoms with Gasteiger partial charge in [-0.15, -0.1) is 12.6 Å². The lowest BCUT2D eigenvalue weighted by molar-refractivity contribution is -0.264. The van der Waals surface area contributed by atoms with Crippen molar-refractivity contribution in [3.8, 4) is 0 Å². The van der Waals surface area contributed by atoms with Gasteiger partial charge in [-0.3, -0.25) is 0 Å². The third kappa shape index (κ3) is 3.30. The van der Waals surface area contributed by atoms with Crippen molar-refractivity contribution in [2.45, 2.75) is 42.9 Å². The van der Waals surface area contributed by atoms with Crippen LogP contribution >= 0.6 is 12.6 Å². The molecule has 5 atom stereocenters. The molecule has 7 nitrogen and oxygen atoms in total. The van der Waals surface area contributed by atoms with Gasteiger partial charge in [0.2, 0.25) is 0 Å². The normalized spacial score (nSPS) is 39.9. The predicted octanol–water partition coefficient (Wildman–Crippen LogP) is -1.44. The van der Waals surface area contributed by atoms with Gasteiger partial charge in [0.1, 0.15) is 12.2 Å². The Labute approximate surface area is 103 Å². The quantitative estimate of drug-likeness (QED) is 0.313. The third-order valence-corrected chi connectivity index (χ3v) is 3.14. The maximum Gasteiger partial charge on any atom is 0.332 e. The molecule has 0 aromatic heterocycles. The van der Waals surface area contributed by atoms with Gasteiger partial charge >= 0.3 is 5.97 Å². The van der Waals surface area contributed by atoms with Crippen LogP contribution in [0.2, 0.25) is 0 Å². The molecule has 0 radical (unpaired) electrons. The Hall–Kier alpha value is -0.380. The van der Waals surface area contributed by atoms with E-state index >= 15 is 0 Å². The molecular weight excluding hydrogens is 252 g/mol. The molecular formula is C9H16O7S. The Balaban J connectivity index is 2.77. The molecule has 1 fully saturated rings. The van der Waals surface area contributed by atoms with Crippen LogP contribution in [-0.2, 0) is 14.3 Å². The number of aliphatic hydroxyl groups excluding tert-OH is 2. The average molecular weight is 268 g/mol. The van der Waals surface area contributed by atoms with Crippen LogP contribution in [0.15, 0.2) is 0 Å². The summed E-state index contributed by atoms with van der Waals surface area (Å²) in [5.74, 6) is -1.20. The standard InChI is InChI=1S/C9H16O7S/c1-4(8(12)13)15-5-2-7(11)16-6(3-10)9(5,14)17/h4-7,10-11,14,17H,2-3H2,1H3,(H,12,13)/t4-,5-,6-,7?,9-/m1/s1. The highest BCUT2D eigenvalue weighted by Crippen LogP contribution is 2.34. The second-order valence-electron chi connectivity index (χ2n) is 3.89. The van der Waals surface area contributed by atoms with E-state index in [1.807, 2.05) is 0 Å². The Bertz CT molecular complexity index is 283. The van der Waals surface area contributed by atoms with Gasteiger partial charge in [-0.25, -0.2) is 4.79 Å². The lowest BCUT2D eigenvalue weighted by atomic mass is 10.0. The van der Waals surface area contributed by atoms with E-state index in [1.54, 1.807) is 0 Å². The number of hydrogen-bond donors (Lipinski definition) is 5. The molecule has 0 aromatic carbocycles. The van der Waals surface area contributed by atoms with Gasteiger partial charge in [0.05, 0.1) is 6.61 Å². The molecule has 4 N–H and O–H groups in total. The summed E-state index contributed by atoms with van der Waals surface area (Å²) in [6.45, 7) is 0.723. The fourth-order valence-corrected chi connectivity index (χ4v) is 1.86. The fourth-order valence-electron chi connectivity index (χ4n) is 1.55. The van der Waals surface area contributed by atoms with Gasteiger partial charge in [0.25, 0.3) is 0 Å². The first kappa shape index (κ1) is 14.7. The first-order valence-corrected chi connectivity index (χ1v) is 5.51. The molecule has 1 aliphatic rings. The van der Waals surface area contributed by atoms with Gasteiger partial charge in [-0.05, 0) is 6.92 Å². The van der Waals surface area contributed by atoms with Gasteiger partial charge in [-0.2, -0.15) is 0 Å². The summed E-state index contributed by atoms with van der Waals surface area (Å²) in [5, 5.41) is 37.0. The summed E-state index contributed by atoms with van der Waals surface area (Å²) in [6, 6.07) is 0. The highest BCUT2D eigenvalue weighted by atomic mass is 32.1. The molecule has 0 aliphatic carbocycles. The van der Waals surface area contributed by atoms with Crippen molar-refractivity contribution in [3.63, 3.8) is 0 Å². The van der Waals surface area contributed by atoms with Crippen molar-refractivity contribution in [3.05, 3.63) is 0 Å². The van der Waals surface area contributed by atoms with Crippen LogP contribution < -0.4 is 0 Å². The zero-order valence-corrected chi connectivity index (χ0v) is 10.1. The second-order valence-corrected chi connectivity index (χ2v) is 4.60. The van der Waals surface area contributed by atoms with E-state index in [4.69, 9.17) is 19.7 Å². The van der Waals surface area contributed by atoms with Gasteiger partial charge in [0, 0.05) is 6.42 Å². The summed E-state index contributed by atoms with van der Waals surface area (Å²) in [5.41, 5.74) is 0. The van der Waals surface area contributed by atoms with Crippen molar-refractivity contribution in [2.75, 3.05) is 6.61 Å². The SMILES string of the molecule is C[C@@H](O[C@@H]1CC(O)O[C@H](CO)[C@]1(O)S)C(=O)O. The number of carbonyl (C=O) groups is 1. The Morgan fingerprint density at radius 3 is 2.76 bits per heavy atom. The van der Waals surface area contributed by atoms with Crippen LogP contribution in [-0.4, -0.2) is 62.5 Å². The summed E-state index contributed by atoms with van der Waals surface area (Å²) in [6.07, 6.45) is -4.75. The van der Waals surface area contributed by atoms with Gasteiger partial charge in [0.15, 0.2) is 17.3 Å². The number of carboxylic acids is 1. The Morgan fingerprint density at radius 1 is 1.71 bits per heavy atom. The minimum Gasteiger partial charge on any atom is -0.479 e. The maximum atomic E-state index is 10.6. The van der Waals surface area contributed by atoms with E-state index in [0.717, 1.165) is 0 Å². The molecule has 0 aromatic rings. The summed E-state index contributed by atoms with van der Waals surface area (Å²) >= 11 is 3.91. The highest BCUT2D eigenvalue weighted by molar-refractivity contribution is 7.81. The first-order valence-electron chi connectivity index (χ1n) is 5.06. The molecule has 0 amide bonds. The van der Waals surface area contributed by atoms with Gasteiger partial charge < -0.3 is 29.9 Å². The number of thiol groups is 1. The van der Waals surface area contributed by atoms with E-state index in [0.29, 0.717) is 0 Å². The van der Waals surface area contributed by atoms with E-state index in [9.17, 15) is 15.0 Å². The molecule has 0 bridgehead atoms. The van der Waals surface area contributed by atoms with Gasteiger partial charge in [-0.1, -0.05) is 0 Å². The van der Waals surface area contributed by atoms with Crippen LogP contribution in [0, 0.1) is 0 Å². The Kier molecular flexibility index (Phi) is 4.76. The second kappa shape index (κ2) is 5.51. The molecule has 17 heavy (non-hydrogen) atoms. The molecule has 1 rings (SSSR count). The summed E-state index contributed by atoms with van der Waals surface area (Å²) < 4.78 is 9.97. The molecule has 0 spiro atoms. The van der Waals surface area contributed by atoms with Crippen LogP contribution in [0.25, 0.3) is 0 Å². The average Bonchev–Trinajstić information content (AvgIpc) is 2.22. The lowest BCUT2D eigenvalue weighted by Crippen LogP contribution is -2.59. The van der Waals surface area contributed by atoms with E-state index in [2.05, 4.69) is 12.6 Å². The minimum atomic E-state index is -1.86. The zero-order valence-electron chi connectivity index (χ0n) is 9.18. The molecule has 8 heteroatoms. The first-order chi connectivity index (χ1) is 7.78. The molecule has 100 valence electrons. The van der Waals surface area contributed by atoms with Crippen LogP contribution in [0.3, 0.4) is 0 Å². The number of ether oxygens (including phenoxy) is 2. The van der Waals surface area contributed by atoms with Crippen molar-refractivity contribution < 1.29 is 34.7 Å². The highest BCUT2D eigenvalue weighted by Gasteiger charge is 2.49. The predicted molar refractivity (Wildman–Crippen MR) is 58.5 cm³/mol. The smallest absolute Gasteiger partial charge is 0.332 e. The Morgan fingerprint density at radius 2 is 2.29 bits per heavy atom. The van der Waals surface area contributed by atoms with E-state index in [-0.39, 0.29) is 6.42 Å². The van der Waals surface area contributed by atoms with Crippen LogP contribution in [0.4, 0.5) is 0 Å². The summed E-state index contributed by atoms with van der Waals surface area (Å²) in [7, 11) is 0. The van der Waals surface area contributed by atoms with Crippen molar-refractivity contribution in [2.24, 2.45) is 0 Å². The lowest BCUT2D eigenvalue weighted by Gasteiger charge is -2.43. The molecule has 1 saturated heterocycles. The van der Waals surface area contributed by atoms with E-state index in [1.165, 1.54) is 6.92 Å². The van der Waals surface area contributed by atoms with E-state index < -0.39 is 42.1 Å². The fraction of sp³-hybridized carbons (Fsp3) is 0.889. The zero-order chi connectivity index (χ0) is 13.2. The minimum absolute atomic E-state index is 0.131. The summed E-state index contributed by atoms with van der Waals surface area (Å²) in [4.78, 5) is 8.78. The number of aliphatic hydroxyl groups is 3. The van der Waals surface area contributed by atoms with Crippen molar-refractivity contribution in [1.29, 1.82) is 0 Å². The third-order valence-electron chi connectivity index (χ3n) is 2.57. The van der Waals surface area contributed by atoms with Crippen LogP contribution in [0.5, 0.6) is 0 Å². The van der Waals surface area contributed by atoms with Crippen molar-refractivity contribution >= 4 is 18.6 Å². The maximum absolute atomic E-state index is 10.6. The number of hydrogen-bond acceptors (Lipinski definition) is 7. The topological polar surface area (TPSA) is 116 Å². The molecule has 0 saturated carbocycles. The number of rotatable bonds is 4. The number of aliphatic carboxylic acids is 1. The molecule has 1 unspecified atom stereocenters. The van der Waals surface area contributed by atoms with Crippen LogP contribution in [0.1, 0.15) is 13.3 Å². The monoisotopic (exact) mass is 268 g/mol. The molecule has 1 aliphatic heterocycles. The van der Waals surface area contributed by atoms with Crippen molar-refractivity contribution in [1.82, 2.24) is 0 Å². The largest absolute Gasteiger partial charge is 0.479 e.